The SMILES string of the molecule is CN(C)CCCNN(NCCCN(C)C)C(N)=O. The molecule has 4 N–H and O–H groups in total. The van der Waals surface area contributed by atoms with Crippen molar-refractivity contribution in [3.63, 3.8) is 0 Å². The predicted molar refractivity (Wildman–Crippen MR) is 73.8 cm³/mol. The van der Waals surface area contributed by atoms with Gasteiger partial charge in [0.15, 0.2) is 0 Å². The molecule has 0 unspecified atom stereocenters. The van der Waals surface area contributed by atoms with Crippen molar-refractivity contribution in [3.05, 3.63) is 0 Å². The minimum Gasteiger partial charge on any atom is -0.349 e. The van der Waals surface area contributed by atoms with Crippen LogP contribution >= 0.6 is 0 Å². The van der Waals surface area contributed by atoms with Crippen LogP contribution in [0.15, 0.2) is 0 Å². The molecule has 0 rings (SSSR count). The maximum Gasteiger partial charge on any atom is 0.344 e. The molecule has 0 radical (unpaired) electrons. The summed E-state index contributed by atoms with van der Waals surface area (Å²) in [5, 5.41) is 1.27. The number of urea groups is 1. The molecule has 2 amide bonds. The van der Waals surface area contributed by atoms with Crippen molar-refractivity contribution in [2.24, 2.45) is 5.73 Å². The van der Waals surface area contributed by atoms with Crippen molar-refractivity contribution in [2.45, 2.75) is 12.8 Å². The van der Waals surface area contributed by atoms with Gasteiger partial charge in [-0.15, -0.1) is 0 Å². The number of hydrogen-bond acceptors (Lipinski definition) is 5. The third kappa shape index (κ3) is 10.3. The summed E-state index contributed by atoms with van der Waals surface area (Å²) in [6, 6.07) is -0.510. The number of nitrogens with two attached hydrogens (primary N) is 1. The molecule has 18 heavy (non-hydrogen) atoms. The Labute approximate surface area is 110 Å². The van der Waals surface area contributed by atoms with Gasteiger partial charge in [0.2, 0.25) is 0 Å². The van der Waals surface area contributed by atoms with Crippen molar-refractivity contribution in [1.82, 2.24) is 25.8 Å². The number of rotatable bonds is 10. The van der Waals surface area contributed by atoms with E-state index in [4.69, 9.17) is 5.73 Å². The molecule has 0 aliphatic heterocycles. The van der Waals surface area contributed by atoms with Crippen LogP contribution in [-0.4, -0.2) is 75.3 Å². The van der Waals surface area contributed by atoms with Gasteiger partial charge in [-0.1, -0.05) is 0 Å². The van der Waals surface area contributed by atoms with Crippen LogP contribution < -0.4 is 16.6 Å². The van der Waals surface area contributed by atoms with Gasteiger partial charge in [0.05, 0.1) is 0 Å². The number of amides is 2. The quantitative estimate of drug-likeness (QED) is 0.357. The Bertz CT molecular complexity index is 206. The third-order valence-corrected chi connectivity index (χ3v) is 2.32. The van der Waals surface area contributed by atoms with Crippen LogP contribution in [0, 0.1) is 0 Å². The lowest BCUT2D eigenvalue weighted by Gasteiger charge is -2.22. The molecule has 7 heteroatoms. The molecule has 0 saturated carbocycles. The predicted octanol–water partition coefficient (Wildman–Crippen LogP) is -0.720. The zero-order valence-electron chi connectivity index (χ0n) is 12.1. The summed E-state index contributed by atoms with van der Waals surface area (Å²) >= 11 is 0. The van der Waals surface area contributed by atoms with E-state index in [-0.39, 0.29) is 0 Å². The van der Waals surface area contributed by atoms with E-state index in [1.807, 2.05) is 28.2 Å². The molecule has 0 bridgehead atoms. The first kappa shape index (κ1) is 17.1. The van der Waals surface area contributed by atoms with E-state index >= 15 is 0 Å². The Morgan fingerprint density at radius 1 is 0.944 bits per heavy atom. The summed E-state index contributed by atoms with van der Waals surface area (Å²) in [6.45, 7) is 3.37. The smallest absolute Gasteiger partial charge is 0.344 e. The van der Waals surface area contributed by atoms with Gasteiger partial charge in [-0.2, -0.15) is 5.12 Å². The lowest BCUT2D eigenvalue weighted by molar-refractivity contribution is 0.136. The second-order valence-electron chi connectivity index (χ2n) is 4.80. The number of primary amides is 1. The highest BCUT2D eigenvalue weighted by Gasteiger charge is 2.07. The zero-order chi connectivity index (χ0) is 14.0. The molecule has 0 aromatic carbocycles. The molecule has 0 aliphatic rings. The normalized spacial score (nSPS) is 11.2. The van der Waals surface area contributed by atoms with Crippen molar-refractivity contribution in [2.75, 3.05) is 54.4 Å². The summed E-state index contributed by atoms with van der Waals surface area (Å²) < 4.78 is 0. The molecule has 0 aliphatic carbocycles. The average Bonchev–Trinajstić information content (AvgIpc) is 2.25. The molecule has 0 aromatic heterocycles. The van der Waals surface area contributed by atoms with Gasteiger partial charge in [0.25, 0.3) is 0 Å². The van der Waals surface area contributed by atoms with E-state index in [1.54, 1.807) is 0 Å². The molecule has 108 valence electrons. The van der Waals surface area contributed by atoms with Gasteiger partial charge in [0.1, 0.15) is 0 Å². The van der Waals surface area contributed by atoms with Crippen molar-refractivity contribution >= 4 is 6.03 Å². The van der Waals surface area contributed by atoms with Crippen LogP contribution in [0.4, 0.5) is 4.79 Å². The Balaban J connectivity index is 3.69. The van der Waals surface area contributed by atoms with E-state index in [0.29, 0.717) is 13.1 Å². The number of nitrogens with zero attached hydrogens (tertiary/aromatic N) is 3. The first-order chi connectivity index (χ1) is 8.43. The summed E-state index contributed by atoms with van der Waals surface area (Å²) in [4.78, 5) is 15.4. The molecule has 0 aromatic rings. The van der Waals surface area contributed by atoms with Crippen molar-refractivity contribution in [3.8, 4) is 0 Å². The molecule has 0 atom stereocenters. The van der Waals surface area contributed by atoms with E-state index in [1.165, 1.54) is 5.12 Å². The first-order valence-corrected chi connectivity index (χ1v) is 6.29. The molecular formula is C11H28N6O. The third-order valence-electron chi connectivity index (χ3n) is 2.32. The average molecular weight is 260 g/mol. The topological polar surface area (TPSA) is 76.9 Å². The van der Waals surface area contributed by atoms with Gasteiger partial charge in [-0.3, -0.25) is 0 Å². The minimum atomic E-state index is -0.510. The maximum atomic E-state index is 11.2. The molecule has 0 fully saturated rings. The molecule has 7 nitrogen and oxygen atoms in total. The lowest BCUT2D eigenvalue weighted by Crippen LogP contribution is -2.55. The Kier molecular flexibility index (Phi) is 9.57. The Morgan fingerprint density at radius 3 is 1.61 bits per heavy atom. The second-order valence-corrected chi connectivity index (χ2v) is 4.80. The summed E-state index contributed by atoms with van der Waals surface area (Å²) in [6.07, 6.45) is 1.91. The van der Waals surface area contributed by atoms with Crippen LogP contribution in [0.25, 0.3) is 0 Å². The van der Waals surface area contributed by atoms with Crippen molar-refractivity contribution in [1.29, 1.82) is 0 Å². The fourth-order valence-electron chi connectivity index (χ4n) is 1.38. The fourth-order valence-corrected chi connectivity index (χ4v) is 1.38. The Morgan fingerprint density at radius 2 is 1.33 bits per heavy atom. The van der Waals surface area contributed by atoms with Gasteiger partial charge in [-0.25, -0.2) is 15.6 Å². The van der Waals surface area contributed by atoms with Gasteiger partial charge in [0, 0.05) is 13.1 Å². The highest BCUT2D eigenvalue weighted by molar-refractivity contribution is 5.70. The van der Waals surface area contributed by atoms with Crippen LogP contribution in [-0.2, 0) is 0 Å². The first-order valence-electron chi connectivity index (χ1n) is 6.29. The number of nitrogens with one attached hydrogen (secondary N) is 2. The largest absolute Gasteiger partial charge is 0.349 e. The van der Waals surface area contributed by atoms with E-state index in [0.717, 1.165) is 25.9 Å². The summed E-state index contributed by atoms with van der Waals surface area (Å²) in [7, 11) is 8.08. The molecular weight excluding hydrogens is 232 g/mol. The zero-order valence-corrected chi connectivity index (χ0v) is 12.1. The molecule has 0 spiro atoms. The van der Waals surface area contributed by atoms with E-state index in [9.17, 15) is 4.79 Å². The number of hydrazine groups is 2. The monoisotopic (exact) mass is 260 g/mol. The van der Waals surface area contributed by atoms with Gasteiger partial charge in [-0.05, 0) is 54.1 Å². The second kappa shape index (κ2) is 10.1. The summed E-state index contributed by atoms with van der Waals surface area (Å²) in [5.41, 5.74) is 11.2. The molecule has 0 saturated heterocycles. The maximum absolute atomic E-state index is 11.2. The summed E-state index contributed by atoms with van der Waals surface area (Å²) in [5.74, 6) is 0. The van der Waals surface area contributed by atoms with Gasteiger partial charge < -0.3 is 15.5 Å². The van der Waals surface area contributed by atoms with Gasteiger partial charge >= 0.3 is 6.03 Å². The highest BCUT2D eigenvalue weighted by Crippen LogP contribution is 1.85. The number of carbonyl (C=O) groups excluding carboxylic acids is 1. The van der Waals surface area contributed by atoms with Crippen LogP contribution in [0.3, 0.4) is 0 Å². The highest BCUT2D eigenvalue weighted by atomic mass is 16.2. The lowest BCUT2D eigenvalue weighted by atomic mass is 10.4. The fraction of sp³-hybridized carbons (Fsp3) is 0.909. The van der Waals surface area contributed by atoms with Crippen LogP contribution in [0.1, 0.15) is 12.8 Å². The van der Waals surface area contributed by atoms with Crippen molar-refractivity contribution < 1.29 is 4.79 Å². The van der Waals surface area contributed by atoms with Crippen LogP contribution in [0.5, 0.6) is 0 Å². The van der Waals surface area contributed by atoms with Crippen LogP contribution in [0.2, 0.25) is 0 Å². The Hall–Kier alpha value is -0.890. The van der Waals surface area contributed by atoms with E-state index in [2.05, 4.69) is 20.7 Å². The molecule has 0 heterocycles. The standard InChI is InChI=1S/C11H28N6O/c1-15(2)9-5-7-13-17(11(12)18)14-8-6-10-16(3)4/h13-14H,5-10H2,1-4H3,(H2,12,18). The number of hydrogen-bond donors (Lipinski definition) is 3. The van der Waals surface area contributed by atoms with E-state index < -0.39 is 6.03 Å². The number of carbonyl (C=O) groups is 1. The minimum absolute atomic E-state index is 0.510.